The van der Waals surface area contributed by atoms with E-state index in [4.69, 9.17) is 0 Å². The Balaban J connectivity index is 1.68. The molecule has 0 aliphatic heterocycles. The highest BCUT2D eigenvalue weighted by atomic mass is 32.2. The summed E-state index contributed by atoms with van der Waals surface area (Å²) in [5.74, 6) is -0.621. The second kappa shape index (κ2) is 13.8. The summed E-state index contributed by atoms with van der Waals surface area (Å²) in [4.78, 5) is 29.4. The van der Waals surface area contributed by atoms with Crippen molar-refractivity contribution in [2.75, 3.05) is 10.8 Å². The van der Waals surface area contributed by atoms with Crippen molar-refractivity contribution in [2.24, 2.45) is 0 Å². The van der Waals surface area contributed by atoms with Gasteiger partial charge < -0.3 is 10.2 Å². The number of benzene rings is 3. The van der Waals surface area contributed by atoms with Gasteiger partial charge in [-0.05, 0) is 62.9 Å². The number of aryl methyl sites for hydroxylation is 2. The Labute approximate surface area is 244 Å². The lowest BCUT2D eigenvalue weighted by atomic mass is 9.95. The van der Waals surface area contributed by atoms with Crippen LogP contribution < -0.4 is 9.62 Å². The molecule has 1 aliphatic rings. The fourth-order valence-corrected chi connectivity index (χ4v) is 6.75. The lowest BCUT2D eigenvalue weighted by molar-refractivity contribution is -0.140. The molecule has 0 bridgehead atoms. The molecule has 4 rings (SSSR count). The zero-order chi connectivity index (χ0) is 29.4. The molecule has 8 heteroatoms. The molecule has 7 nitrogen and oxygen atoms in total. The number of amides is 2. The second-order valence-electron chi connectivity index (χ2n) is 10.9. The third-order valence-corrected chi connectivity index (χ3v) is 9.53. The van der Waals surface area contributed by atoms with E-state index >= 15 is 0 Å². The predicted octanol–water partition coefficient (Wildman–Crippen LogP) is 5.76. The summed E-state index contributed by atoms with van der Waals surface area (Å²) in [5, 5.41) is 3.18. The van der Waals surface area contributed by atoms with Gasteiger partial charge in [-0.25, -0.2) is 8.42 Å². The fraction of sp³-hybridized carbons (Fsp3) is 0.394. The lowest BCUT2D eigenvalue weighted by Gasteiger charge is -2.34. The molecule has 0 unspecified atom stereocenters. The SMILES string of the molecule is CC[C@@H](C(=O)NC1CCCCC1)N(Cc1ccc(C)cc1)C(=O)CN(c1ccc(C)cc1)S(=O)(=O)c1ccccc1. The molecule has 0 heterocycles. The van der Waals surface area contributed by atoms with E-state index in [0.717, 1.165) is 46.7 Å². The number of carbonyl (C=O) groups is 2. The van der Waals surface area contributed by atoms with Crippen molar-refractivity contribution in [3.63, 3.8) is 0 Å². The monoisotopic (exact) mass is 575 g/mol. The number of hydrogen-bond donors (Lipinski definition) is 1. The Morgan fingerprint density at radius 2 is 1.44 bits per heavy atom. The topological polar surface area (TPSA) is 86.8 Å². The first-order chi connectivity index (χ1) is 19.7. The van der Waals surface area contributed by atoms with Gasteiger partial charge >= 0.3 is 0 Å². The number of rotatable bonds is 11. The Morgan fingerprint density at radius 3 is 2.02 bits per heavy atom. The van der Waals surface area contributed by atoms with E-state index in [1.165, 1.54) is 18.6 Å². The molecule has 3 aromatic rings. The van der Waals surface area contributed by atoms with Gasteiger partial charge in [0.1, 0.15) is 12.6 Å². The van der Waals surface area contributed by atoms with E-state index in [2.05, 4.69) is 5.32 Å². The number of carbonyl (C=O) groups excluding carboxylic acids is 2. The van der Waals surface area contributed by atoms with Crippen LogP contribution in [0.1, 0.15) is 62.1 Å². The van der Waals surface area contributed by atoms with Crippen molar-refractivity contribution in [3.8, 4) is 0 Å². The third-order valence-electron chi connectivity index (χ3n) is 7.74. The summed E-state index contributed by atoms with van der Waals surface area (Å²) in [6, 6.07) is 22.4. The maximum absolute atomic E-state index is 14.2. The average molecular weight is 576 g/mol. The van der Waals surface area contributed by atoms with Crippen molar-refractivity contribution in [3.05, 3.63) is 95.6 Å². The minimum atomic E-state index is -4.06. The number of anilines is 1. The first kappa shape index (κ1) is 30.3. The Bertz CT molecular complexity index is 1400. The molecule has 1 aliphatic carbocycles. The Kier molecular flexibility index (Phi) is 10.2. The molecule has 1 saturated carbocycles. The molecule has 0 spiro atoms. The van der Waals surface area contributed by atoms with Crippen molar-refractivity contribution < 1.29 is 18.0 Å². The first-order valence-electron chi connectivity index (χ1n) is 14.5. The summed E-state index contributed by atoms with van der Waals surface area (Å²) in [7, 11) is -4.06. The maximum atomic E-state index is 14.2. The zero-order valence-corrected chi connectivity index (χ0v) is 25.1. The summed E-state index contributed by atoms with van der Waals surface area (Å²) < 4.78 is 28.9. The van der Waals surface area contributed by atoms with Gasteiger partial charge in [0.05, 0.1) is 10.6 Å². The van der Waals surface area contributed by atoms with E-state index in [1.807, 2.05) is 57.2 Å². The largest absolute Gasteiger partial charge is 0.352 e. The maximum Gasteiger partial charge on any atom is 0.264 e. The van der Waals surface area contributed by atoms with Crippen LogP contribution in [-0.2, 0) is 26.2 Å². The number of sulfonamides is 1. The van der Waals surface area contributed by atoms with Crippen LogP contribution in [0.25, 0.3) is 0 Å². The summed E-state index contributed by atoms with van der Waals surface area (Å²) in [6.07, 6.45) is 5.61. The van der Waals surface area contributed by atoms with Crippen molar-refractivity contribution in [1.29, 1.82) is 0 Å². The van der Waals surface area contributed by atoms with Crippen LogP contribution in [0.3, 0.4) is 0 Å². The molecule has 41 heavy (non-hydrogen) atoms. The molecule has 0 saturated heterocycles. The summed E-state index contributed by atoms with van der Waals surface area (Å²) in [5.41, 5.74) is 3.33. The lowest BCUT2D eigenvalue weighted by Crippen LogP contribution is -2.54. The standard InChI is InChI=1S/C33H41N3O4S/c1-4-31(33(38)34-28-11-7-5-8-12-28)35(23-27-19-15-25(2)16-20-27)32(37)24-36(29-21-17-26(3)18-22-29)41(39,40)30-13-9-6-10-14-30/h6,9-10,13-22,28,31H,4-5,7-8,11-12,23-24H2,1-3H3,(H,34,38)/t31-/m0/s1. The van der Waals surface area contributed by atoms with Gasteiger partial charge in [-0.1, -0.05) is 91.9 Å². The highest BCUT2D eigenvalue weighted by Gasteiger charge is 2.34. The van der Waals surface area contributed by atoms with E-state index in [-0.39, 0.29) is 23.4 Å². The molecular weight excluding hydrogens is 534 g/mol. The number of nitrogens with zero attached hydrogens (tertiary/aromatic N) is 2. The Hall–Kier alpha value is -3.65. The van der Waals surface area contributed by atoms with Gasteiger partial charge in [0, 0.05) is 12.6 Å². The van der Waals surface area contributed by atoms with Gasteiger partial charge in [-0.15, -0.1) is 0 Å². The van der Waals surface area contributed by atoms with Crippen LogP contribution >= 0.6 is 0 Å². The quantitative estimate of drug-likeness (QED) is 0.315. The smallest absolute Gasteiger partial charge is 0.264 e. The minimum Gasteiger partial charge on any atom is -0.352 e. The third kappa shape index (κ3) is 7.76. The molecule has 2 amide bonds. The van der Waals surface area contributed by atoms with Gasteiger partial charge in [-0.2, -0.15) is 0 Å². The normalized spacial score (nSPS) is 14.7. The van der Waals surface area contributed by atoms with Crippen LogP contribution in [0.2, 0.25) is 0 Å². The van der Waals surface area contributed by atoms with E-state index < -0.39 is 28.5 Å². The molecule has 218 valence electrons. The van der Waals surface area contributed by atoms with E-state index in [1.54, 1.807) is 35.2 Å². The average Bonchev–Trinajstić information content (AvgIpc) is 2.98. The first-order valence-corrected chi connectivity index (χ1v) is 15.9. The fourth-order valence-electron chi connectivity index (χ4n) is 5.31. The Morgan fingerprint density at radius 1 is 0.854 bits per heavy atom. The molecule has 1 fully saturated rings. The van der Waals surface area contributed by atoms with Gasteiger partial charge in [0.25, 0.3) is 10.0 Å². The molecule has 0 aromatic heterocycles. The van der Waals surface area contributed by atoms with Crippen molar-refractivity contribution in [1.82, 2.24) is 10.2 Å². The molecule has 1 atom stereocenters. The highest BCUT2D eigenvalue weighted by Crippen LogP contribution is 2.25. The van der Waals surface area contributed by atoms with Crippen molar-refractivity contribution >= 4 is 27.5 Å². The summed E-state index contributed by atoms with van der Waals surface area (Å²) in [6.45, 7) is 5.57. The minimum absolute atomic E-state index is 0.0977. The van der Waals surface area contributed by atoms with Crippen LogP contribution in [0, 0.1) is 13.8 Å². The second-order valence-corrected chi connectivity index (χ2v) is 12.8. The molecular formula is C33H41N3O4S. The number of hydrogen-bond acceptors (Lipinski definition) is 4. The highest BCUT2D eigenvalue weighted by molar-refractivity contribution is 7.92. The molecule has 1 N–H and O–H groups in total. The summed E-state index contributed by atoms with van der Waals surface area (Å²) >= 11 is 0. The van der Waals surface area contributed by atoms with Crippen LogP contribution in [0.15, 0.2) is 83.8 Å². The van der Waals surface area contributed by atoms with Crippen molar-refractivity contribution in [2.45, 2.75) is 82.8 Å². The van der Waals surface area contributed by atoms with E-state index in [0.29, 0.717) is 12.1 Å². The number of nitrogens with one attached hydrogen (secondary N) is 1. The van der Waals surface area contributed by atoms with Gasteiger partial charge in [0.15, 0.2) is 0 Å². The van der Waals surface area contributed by atoms with E-state index in [9.17, 15) is 18.0 Å². The van der Waals surface area contributed by atoms with Crippen LogP contribution in [0.5, 0.6) is 0 Å². The predicted molar refractivity (Wildman–Crippen MR) is 163 cm³/mol. The van der Waals surface area contributed by atoms with Crippen LogP contribution in [0.4, 0.5) is 5.69 Å². The van der Waals surface area contributed by atoms with Crippen LogP contribution in [-0.4, -0.2) is 43.8 Å². The molecule has 0 radical (unpaired) electrons. The van der Waals surface area contributed by atoms with Gasteiger partial charge in [-0.3, -0.25) is 13.9 Å². The van der Waals surface area contributed by atoms with Gasteiger partial charge in [0.2, 0.25) is 11.8 Å². The molecule has 3 aromatic carbocycles. The zero-order valence-electron chi connectivity index (χ0n) is 24.3.